The minimum Gasteiger partial charge on any atom is -0.207 e. The molecule has 2 rings (SSSR count). The van der Waals surface area contributed by atoms with Crippen molar-refractivity contribution in [3.05, 3.63) is 45.9 Å². The molecule has 0 fully saturated rings. The summed E-state index contributed by atoms with van der Waals surface area (Å²) in [5.74, 6) is -0.218. The van der Waals surface area contributed by atoms with Crippen LogP contribution in [0.3, 0.4) is 0 Å². The Balaban J connectivity index is 2.61. The third kappa shape index (κ3) is 2.15. The van der Waals surface area contributed by atoms with E-state index in [0.717, 1.165) is 22.4 Å². The second-order valence-electron chi connectivity index (χ2n) is 4.05. The summed E-state index contributed by atoms with van der Waals surface area (Å²) in [6.07, 6.45) is 0. The molecule has 0 atom stereocenters. The molecular weight excluding hydrogens is 239 g/mol. The van der Waals surface area contributed by atoms with Gasteiger partial charge in [0.15, 0.2) is 5.15 Å². The van der Waals surface area contributed by atoms with Crippen LogP contribution in [0.25, 0.3) is 11.3 Å². The molecule has 0 aliphatic rings. The Morgan fingerprint density at radius 3 is 2.41 bits per heavy atom. The van der Waals surface area contributed by atoms with E-state index < -0.39 is 0 Å². The van der Waals surface area contributed by atoms with Crippen LogP contribution in [-0.2, 0) is 0 Å². The molecule has 0 spiro atoms. The molecule has 1 aromatic heterocycles. The van der Waals surface area contributed by atoms with Crippen LogP contribution in [0.1, 0.15) is 16.7 Å². The standard InChI is InChI=1S/C13H12ClFN2/c1-7-6-10(4-5-11(7)15)12-8(2)9(3)13(14)17-16-12/h4-6H,1-3H3. The molecule has 0 N–H and O–H groups in total. The lowest BCUT2D eigenvalue weighted by molar-refractivity contribution is 0.618. The normalized spacial score (nSPS) is 10.6. The Morgan fingerprint density at radius 2 is 1.76 bits per heavy atom. The van der Waals surface area contributed by atoms with E-state index in [9.17, 15) is 4.39 Å². The lowest BCUT2D eigenvalue weighted by Gasteiger charge is -2.08. The fraction of sp³-hybridized carbons (Fsp3) is 0.231. The molecule has 88 valence electrons. The lowest BCUT2D eigenvalue weighted by Crippen LogP contribution is -1.97. The van der Waals surface area contributed by atoms with Gasteiger partial charge in [-0.1, -0.05) is 11.6 Å². The van der Waals surface area contributed by atoms with Gasteiger partial charge in [0.25, 0.3) is 0 Å². The van der Waals surface area contributed by atoms with E-state index in [1.807, 2.05) is 13.8 Å². The number of hydrogen-bond donors (Lipinski definition) is 0. The second-order valence-corrected chi connectivity index (χ2v) is 4.41. The number of benzene rings is 1. The fourth-order valence-corrected chi connectivity index (χ4v) is 1.82. The second kappa shape index (κ2) is 4.41. The summed E-state index contributed by atoms with van der Waals surface area (Å²) in [4.78, 5) is 0. The molecule has 0 radical (unpaired) electrons. The van der Waals surface area contributed by atoms with Gasteiger partial charge in [0.05, 0.1) is 5.69 Å². The molecule has 0 amide bonds. The molecule has 0 unspecified atom stereocenters. The monoisotopic (exact) mass is 250 g/mol. The van der Waals surface area contributed by atoms with Crippen LogP contribution >= 0.6 is 11.6 Å². The molecule has 4 heteroatoms. The zero-order valence-electron chi connectivity index (χ0n) is 9.88. The highest BCUT2D eigenvalue weighted by Crippen LogP contribution is 2.26. The Hall–Kier alpha value is -1.48. The minimum atomic E-state index is -0.218. The summed E-state index contributed by atoms with van der Waals surface area (Å²) < 4.78 is 13.2. The highest BCUT2D eigenvalue weighted by atomic mass is 35.5. The van der Waals surface area contributed by atoms with Gasteiger partial charge < -0.3 is 0 Å². The summed E-state index contributed by atoms with van der Waals surface area (Å²) >= 11 is 5.90. The van der Waals surface area contributed by atoms with Crippen molar-refractivity contribution in [3.63, 3.8) is 0 Å². The largest absolute Gasteiger partial charge is 0.207 e. The Kier molecular flexibility index (Phi) is 3.11. The van der Waals surface area contributed by atoms with Crippen LogP contribution in [-0.4, -0.2) is 10.2 Å². The Morgan fingerprint density at radius 1 is 1.06 bits per heavy atom. The average Bonchev–Trinajstić information content (AvgIpc) is 2.30. The Bertz CT molecular complexity index is 582. The van der Waals surface area contributed by atoms with Gasteiger partial charge in [-0.3, -0.25) is 0 Å². The van der Waals surface area contributed by atoms with E-state index in [2.05, 4.69) is 10.2 Å². The van der Waals surface area contributed by atoms with Gasteiger partial charge in [-0.2, -0.15) is 0 Å². The van der Waals surface area contributed by atoms with E-state index in [0.29, 0.717) is 10.7 Å². The minimum absolute atomic E-state index is 0.218. The van der Waals surface area contributed by atoms with Crippen LogP contribution in [0, 0.1) is 26.6 Å². The fourth-order valence-electron chi connectivity index (χ4n) is 1.64. The van der Waals surface area contributed by atoms with E-state index in [1.165, 1.54) is 6.07 Å². The molecule has 1 heterocycles. The zero-order chi connectivity index (χ0) is 12.6. The van der Waals surface area contributed by atoms with E-state index >= 15 is 0 Å². The third-order valence-corrected chi connectivity index (χ3v) is 3.26. The van der Waals surface area contributed by atoms with E-state index in [4.69, 9.17) is 11.6 Å². The maximum Gasteiger partial charge on any atom is 0.154 e. The average molecular weight is 251 g/mol. The molecule has 2 nitrogen and oxygen atoms in total. The summed E-state index contributed by atoms with van der Waals surface area (Å²) in [6, 6.07) is 4.90. The van der Waals surface area contributed by atoms with Gasteiger partial charge >= 0.3 is 0 Å². The summed E-state index contributed by atoms with van der Waals surface area (Å²) in [5, 5.41) is 8.37. The van der Waals surface area contributed by atoms with Gasteiger partial charge in [-0.05, 0) is 55.7 Å². The molecule has 0 aliphatic carbocycles. The van der Waals surface area contributed by atoms with Crippen molar-refractivity contribution in [1.82, 2.24) is 10.2 Å². The predicted molar refractivity (Wildman–Crippen MR) is 66.6 cm³/mol. The van der Waals surface area contributed by atoms with Gasteiger partial charge in [-0.25, -0.2) is 4.39 Å². The van der Waals surface area contributed by atoms with Crippen molar-refractivity contribution in [2.75, 3.05) is 0 Å². The number of aromatic nitrogens is 2. The predicted octanol–water partition coefficient (Wildman–Crippen LogP) is 3.86. The van der Waals surface area contributed by atoms with Crippen molar-refractivity contribution >= 4 is 11.6 Å². The van der Waals surface area contributed by atoms with Crippen LogP contribution in [0.4, 0.5) is 4.39 Å². The SMILES string of the molecule is Cc1cc(-c2nnc(Cl)c(C)c2C)ccc1F. The quantitative estimate of drug-likeness (QED) is 0.768. The van der Waals surface area contributed by atoms with Crippen molar-refractivity contribution in [2.45, 2.75) is 20.8 Å². The molecule has 0 bridgehead atoms. The first-order chi connectivity index (χ1) is 8.00. The summed E-state index contributed by atoms with van der Waals surface area (Å²) in [5.41, 5.74) is 4.06. The van der Waals surface area contributed by atoms with Crippen LogP contribution < -0.4 is 0 Å². The van der Waals surface area contributed by atoms with E-state index in [1.54, 1.807) is 19.1 Å². The molecule has 0 saturated carbocycles. The molecule has 2 aromatic rings. The molecular formula is C13H12ClFN2. The highest BCUT2D eigenvalue weighted by Gasteiger charge is 2.11. The maximum atomic E-state index is 13.2. The molecule has 0 aliphatic heterocycles. The molecule has 1 aromatic carbocycles. The van der Waals surface area contributed by atoms with Crippen molar-refractivity contribution in [2.24, 2.45) is 0 Å². The number of halogens is 2. The number of hydrogen-bond acceptors (Lipinski definition) is 2. The number of aryl methyl sites for hydroxylation is 1. The lowest BCUT2D eigenvalue weighted by atomic mass is 10.0. The maximum absolute atomic E-state index is 13.2. The molecule has 17 heavy (non-hydrogen) atoms. The van der Waals surface area contributed by atoms with Gasteiger partial charge in [0, 0.05) is 5.56 Å². The first kappa shape index (κ1) is 12.0. The van der Waals surface area contributed by atoms with Crippen molar-refractivity contribution in [3.8, 4) is 11.3 Å². The Labute approximate surface area is 104 Å². The molecule has 0 saturated heterocycles. The first-order valence-electron chi connectivity index (χ1n) is 5.26. The smallest absolute Gasteiger partial charge is 0.154 e. The number of rotatable bonds is 1. The highest BCUT2D eigenvalue weighted by molar-refractivity contribution is 6.30. The zero-order valence-corrected chi connectivity index (χ0v) is 10.6. The van der Waals surface area contributed by atoms with Crippen LogP contribution in [0.15, 0.2) is 18.2 Å². The van der Waals surface area contributed by atoms with Crippen LogP contribution in [0.2, 0.25) is 5.15 Å². The van der Waals surface area contributed by atoms with Crippen molar-refractivity contribution in [1.29, 1.82) is 0 Å². The topological polar surface area (TPSA) is 25.8 Å². The first-order valence-corrected chi connectivity index (χ1v) is 5.64. The van der Waals surface area contributed by atoms with Gasteiger partial charge in [0.1, 0.15) is 5.82 Å². The van der Waals surface area contributed by atoms with Crippen LogP contribution in [0.5, 0.6) is 0 Å². The van der Waals surface area contributed by atoms with Gasteiger partial charge in [-0.15, -0.1) is 10.2 Å². The summed E-state index contributed by atoms with van der Waals surface area (Å²) in [6.45, 7) is 5.56. The van der Waals surface area contributed by atoms with Gasteiger partial charge in [0.2, 0.25) is 0 Å². The third-order valence-electron chi connectivity index (χ3n) is 2.90. The van der Waals surface area contributed by atoms with Crippen molar-refractivity contribution < 1.29 is 4.39 Å². The number of nitrogens with zero attached hydrogens (tertiary/aromatic N) is 2. The summed E-state index contributed by atoms with van der Waals surface area (Å²) in [7, 11) is 0. The van der Waals surface area contributed by atoms with E-state index in [-0.39, 0.29) is 5.82 Å².